The molecule has 0 aliphatic carbocycles. The number of carbonyl (C=O) groups excluding carboxylic acids is 1. The van der Waals surface area contributed by atoms with E-state index in [1.807, 2.05) is 0 Å². The fourth-order valence-electron chi connectivity index (χ4n) is 1.31. The minimum atomic E-state index is -1.31. The Morgan fingerprint density at radius 2 is 2.15 bits per heavy atom. The first-order chi connectivity index (χ1) is 9.38. The van der Waals surface area contributed by atoms with Crippen molar-refractivity contribution in [1.82, 2.24) is 10.5 Å². The smallest absolute Gasteiger partial charge is 0.326 e. The van der Waals surface area contributed by atoms with Crippen LogP contribution >= 0.6 is 0 Å². The van der Waals surface area contributed by atoms with Gasteiger partial charge in [0.2, 0.25) is 0 Å². The minimum Gasteiger partial charge on any atom is -0.481 e. The Labute approximate surface area is 113 Å². The van der Waals surface area contributed by atoms with E-state index >= 15 is 0 Å². The molecular weight excluding hydrogens is 272 g/mol. The van der Waals surface area contributed by atoms with E-state index in [1.54, 1.807) is 6.92 Å². The summed E-state index contributed by atoms with van der Waals surface area (Å²) in [5.74, 6) is -2.53. The molecule has 0 bridgehead atoms. The standard InChI is InChI=1S/C11H14N2O7/c1-6-4-9(13-20-6)19-5-8(14)12-7(11(17)18)2-3-10(15)16/h4,7H,2-3,5H2,1H3,(H,12,14)(H,15,16)(H,17,18). The molecule has 0 spiro atoms. The van der Waals surface area contributed by atoms with Crippen LogP contribution in [0.5, 0.6) is 5.88 Å². The Morgan fingerprint density at radius 3 is 2.65 bits per heavy atom. The molecule has 0 aromatic carbocycles. The molecule has 0 fully saturated rings. The Morgan fingerprint density at radius 1 is 1.45 bits per heavy atom. The van der Waals surface area contributed by atoms with Crippen LogP contribution in [0.3, 0.4) is 0 Å². The number of nitrogens with zero attached hydrogens (tertiary/aromatic N) is 1. The van der Waals surface area contributed by atoms with E-state index in [9.17, 15) is 14.4 Å². The van der Waals surface area contributed by atoms with Crippen molar-refractivity contribution in [1.29, 1.82) is 0 Å². The van der Waals surface area contributed by atoms with Gasteiger partial charge in [0.1, 0.15) is 11.8 Å². The lowest BCUT2D eigenvalue weighted by atomic mass is 10.1. The number of rotatable bonds is 8. The van der Waals surface area contributed by atoms with Crippen molar-refractivity contribution in [2.24, 2.45) is 0 Å². The van der Waals surface area contributed by atoms with E-state index in [4.69, 9.17) is 19.5 Å². The topological polar surface area (TPSA) is 139 Å². The number of aliphatic carboxylic acids is 2. The normalized spacial score (nSPS) is 11.7. The van der Waals surface area contributed by atoms with Crippen LogP contribution in [0, 0.1) is 6.92 Å². The Bertz CT molecular complexity index is 497. The molecule has 1 rings (SSSR count). The van der Waals surface area contributed by atoms with Crippen molar-refractivity contribution in [2.75, 3.05) is 6.61 Å². The summed E-state index contributed by atoms with van der Waals surface area (Å²) < 4.78 is 9.68. The van der Waals surface area contributed by atoms with Crippen LogP contribution in [0.15, 0.2) is 10.6 Å². The number of aryl methyl sites for hydroxylation is 1. The Kier molecular flexibility index (Phi) is 5.51. The molecule has 20 heavy (non-hydrogen) atoms. The van der Waals surface area contributed by atoms with E-state index < -0.39 is 30.5 Å². The van der Waals surface area contributed by atoms with E-state index in [0.29, 0.717) is 5.76 Å². The van der Waals surface area contributed by atoms with Crippen molar-refractivity contribution in [3.8, 4) is 5.88 Å². The molecule has 1 aromatic heterocycles. The molecule has 9 nitrogen and oxygen atoms in total. The van der Waals surface area contributed by atoms with Crippen molar-refractivity contribution in [3.05, 3.63) is 11.8 Å². The second kappa shape index (κ2) is 7.12. The van der Waals surface area contributed by atoms with Crippen LogP contribution in [0.25, 0.3) is 0 Å². The highest BCUT2D eigenvalue weighted by molar-refractivity contribution is 5.84. The summed E-state index contributed by atoms with van der Waals surface area (Å²) in [5.41, 5.74) is 0. The number of carboxylic acid groups (broad SMARTS) is 2. The third-order valence-corrected chi connectivity index (χ3v) is 2.24. The van der Waals surface area contributed by atoms with Crippen molar-refractivity contribution < 1.29 is 33.9 Å². The SMILES string of the molecule is Cc1cc(OCC(=O)NC(CCC(=O)O)C(=O)O)no1. The van der Waals surface area contributed by atoms with Gasteiger partial charge in [0.15, 0.2) is 6.61 Å². The predicted molar refractivity (Wildman–Crippen MR) is 63.2 cm³/mol. The molecule has 1 unspecified atom stereocenters. The maximum atomic E-state index is 11.5. The summed E-state index contributed by atoms with van der Waals surface area (Å²) in [6, 6.07) is 0.188. The van der Waals surface area contributed by atoms with Crippen LogP contribution in [-0.2, 0) is 14.4 Å². The third-order valence-electron chi connectivity index (χ3n) is 2.24. The summed E-state index contributed by atoms with van der Waals surface area (Å²) in [7, 11) is 0. The van der Waals surface area contributed by atoms with Gasteiger partial charge in [-0.1, -0.05) is 0 Å². The lowest BCUT2D eigenvalue weighted by Gasteiger charge is -2.13. The summed E-state index contributed by atoms with van der Waals surface area (Å²) >= 11 is 0. The zero-order chi connectivity index (χ0) is 15.1. The van der Waals surface area contributed by atoms with Gasteiger partial charge in [-0.15, -0.1) is 0 Å². The maximum Gasteiger partial charge on any atom is 0.326 e. The Hall–Kier alpha value is -2.58. The van der Waals surface area contributed by atoms with Gasteiger partial charge in [-0.3, -0.25) is 9.59 Å². The van der Waals surface area contributed by atoms with Crippen molar-refractivity contribution in [2.45, 2.75) is 25.8 Å². The van der Waals surface area contributed by atoms with Gasteiger partial charge in [-0.25, -0.2) is 4.79 Å². The van der Waals surface area contributed by atoms with E-state index in [-0.39, 0.29) is 18.7 Å². The number of ether oxygens (including phenoxy) is 1. The number of hydrogen-bond donors (Lipinski definition) is 3. The van der Waals surface area contributed by atoms with Gasteiger partial charge < -0.3 is 24.8 Å². The molecule has 9 heteroatoms. The summed E-state index contributed by atoms with van der Waals surface area (Å²) in [4.78, 5) is 32.7. The highest BCUT2D eigenvalue weighted by Gasteiger charge is 2.21. The van der Waals surface area contributed by atoms with Crippen LogP contribution in [0.4, 0.5) is 0 Å². The van der Waals surface area contributed by atoms with E-state index in [2.05, 4.69) is 10.5 Å². The molecular formula is C11H14N2O7. The first kappa shape index (κ1) is 15.5. The molecule has 0 aliphatic heterocycles. The first-order valence-electron chi connectivity index (χ1n) is 5.68. The predicted octanol–water partition coefficient (Wildman–Crippen LogP) is -0.204. The van der Waals surface area contributed by atoms with E-state index in [0.717, 1.165) is 0 Å². The monoisotopic (exact) mass is 286 g/mol. The fourth-order valence-corrected chi connectivity index (χ4v) is 1.31. The lowest BCUT2D eigenvalue weighted by molar-refractivity contribution is -0.143. The highest BCUT2D eigenvalue weighted by atomic mass is 16.5. The molecule has 110 valence electrons. The zero-order valence-electron chi connectivity index (χ0n) is 10.7. The number of aromatic nitrogens is 1. The number of nitrogens with one attached hydrogen (secondary N) is 1. The first-order valence-corrected chi connectivity index (χ1v) is 5.68. The second-order valence-electron chi connectivity index (χ2n) is 3.96. The van der Waals surface area contributed by atoms with Crippen molar-refractivity contribution >= 4 is 17.8 Å². The molecule has 1 amide bonds. The quantitative estimate of drug-likeness (QED) is 0.596. The van der Waals surface area contributed by atoms with Crippen LogP contribution < -0.4 is 10.1 Å². The van der Waals surface area contributed by atoms with Crippen LogP contribution in [-0.4, -0.2) is 45.9 Å². The minimum absolute atomic E-state index is 0.107. The second-order valence-corrected chi connectivity index (χ2v) is 3.96. The van der Waals surface area contributed by atoms with Gasteiger partial charge in [0.05, 0.1) is 0 Å². The highest BCUT2D eigenvalue weighted by Crippen LogP contribution is 2.09. The molecule has 0 saturated carbocycles. The summed E-state index contributed by atoms with van der Waals surface area (Å²) in [6.07, 6.45) is -0.569. The van der Waals surface area contributed by atoms with Gasteiger partial charge in [-0.05, 0) is 18.5 Å². The van der Waals surface area contributed by atoms with Gasteiger partial charge >= 0.3 is 11.9 Å². The Balaban J connectivity index is 2.41. The molecule has 1 atom stereocenters. The fraction of sp³-hybridized carbons (Fsp3) is 0.455. The number of amides is 1. The molecule has 0 saturated heterocycles. The van der Waals surface area contributed by atoms with Gasteiger partial charge in [0.25, 0.3) is 11.8 Å². The molecule has 1 aromatic rings. The maximum absolute atomic E-state index is 11.5. The summed E-state index contributed by atoms with van der Waals surface area (Å²) in [6.45, 7) is 1.20. The lowest BCUT2D eigenvalue weighted by Crippen LogP contribution is -2.43. The third kappa shape index (κ3) is 5.38. The number of carbonyl (C=O) groups is 3. The number of hydrogen-bond acceptors (Lipinski definition) is 6. The largest absolute Gasteiger partial charge is 0.481 e. The molecule has 0 aliphatic rings. The average Bonchev–Trinajstić information content (AvgIpc) is 2.77. The molecule has 0 radical (unpaired) electrons. The molecule has 3 N–H and O–H groups in total. The van der Waals surface area contributed by atoms with Crippen molar-refractivity contribution in [3.63, 3.8) is 0 Å². The summed E-state index contributed by atoms with van der Waals surface area (Å²) in [5, 5.41) is 23.0. The number of carboxylic acids is 2. The van der Waals surface area contributed by atoms with Crippen LogP contribution in [0.1, 0.15) is 18.6 Å². The van der Waals surface area contributed by atoms with Crippen LogP contribution in [0.2, 0.25) is 0 Å². The van der Waals surface area contributed by atoms with E-state index in [1.165, 1.54) is 6.07 Å². The van der Waals surface area contributed by atoms with Gasteiger partial charge in [-0.2, -0.15) is 0 Å². The average molecular weight is 286 g/mol. The van der Waals surface area contributed by atoms with Gasteiger partial charge in [0, 0.05) is 12.5 Å². The molecule has 1 heterocycles. The zero-order valence-corrected chi connectivity index (χ0v) is 10.7.